The maximum absolute atomic E-state index is 12.1. The molecule has 0 spiro atoms. The van der Waals surface area contributed by atoms with E-state index in [1.807, 2.05) is 17.7 Å². The standard InChI is InChI=1S/C16H23ClN6O/c1-11-8-15(23(21-11)12(2)13-4-5-13)20-16(24)18-6-3-7-22-10-14(17)9-19-22/h8-10,12-13H,3-7H2,1-2H3,(H2,18,20,24). The minimum atomic E-state index is -0.211. The van der Waals surface area contributed by atoms with Crippen molar-refractivity contribution >= 4 is 23.4 Å². The van der Waals surface area contributed by atoms with Crippen molar-refractivity contribution in [1.29, 1.82) is 0 Å². The molecule has 2 N–H and O–H groups in total. The van der Waals surface area contributed by atoms with E-state index >= 15 is 0 Å². The van der Waals surface area contributed by atoms with Crippen LogP contribution < -0.4 is 10.6 Å². The average Bonchev–Trinajstić information content (AvgIpc) is 3.21. The van der Waals surface area contributed by atoms with Crippen molar-refractivity contribution in [1.82, 2.24) is 24.9 Å². The first-order valence-electron chi connectivity index (χ1n) is 8.32. The summed E-state index contributed by atoms with van der Waals surface area (Å²) in [4.78, 5) is 12.1. The smallest absolute Gasteiger partial charge is 0.320 e. The van der Waals surface area contributed by atoms with Crippen LogP contribution in [0.15, 0.2) is 18.5 Å². The van der Waals surface area contributed by atoms with Crippen LogP contribution in [-0.4, -0.2) is 32.1 Å². The molecular formula is C16H23ClN6O. The van der Waals surface area contributed by atoms with Crippen LogP contribution in [0.5, 0.6) is 0 Å². The second kappa shape index (κ2) is 7.25. The van der Waals surface area contributed by atoms with Crippen LogP contribution in [0.3, 0.4) is 0 Å². The van der Waals surface area contributed by atoms with Gasteiger partial charge in [-0.1, -0.05) is 11.6 Å². The van der Waals surface area contributed by atoms with Crippen LogP contribution in [0.1, 0.15) is 37.9 Å². The zero-order chi connectivity index (χ0) is 17.1. The highest BCUT2D eigenvalue weighted by atomic mass is 35.5. The van der Waals surface area contributed by atoms with Crippen LogP contribution in [0.25, 0.3) is 0 Å². The molecule has 2 heterocycles. The summed E-state index contributed by atoms with van der Waals surface area (Å²) >= 11 is 5.81. The highest BCUT2D eigenvalue weighted by Gasteiger charge is 2.31. The molecule has 1 fully saturated rings. The second-order valence-electron chi connectivity index (χ2n) is 6.35. The van der Waals surface area contributed by atoms with Gasteiger partial charge in [0, 0.05) is 25.4 Å². The lowest BCUT2D eigenvalue weighted by molar-refractivity contribution is 0.251. The summed E-state index contributed by atoms with van der Waals surface area (Å²) in [6.45, 7) is 5.37. The number of hydrogen-bond donors (Lipinski definition) is 2. The number of carbonyl (C=O) groups excluding carboxylic acids is 1. The lowest BCUT2D eigenvalue weighted by Crippen LogP contribution is -2.31. The number of halogens is 1. The molecule has 1 aliphatic carbocycles. The molecule has 130 valence electrons. The topological polar surface area (TPSA) is 76.8 Å². The summed E-state index contributed by atoms with van der Waals surface area (Å²) in [5, 5.41) is 15.0. The van der Waals surface area contributed by atoms with E-state index in [1.54, 1.807) is 17.1 Å². The van der Waals surface area contributed by atoms with E-state index in [0.29, 0.717) is 30.1 Å². The highest BCUT2D eigenvalue weighted by molar-refractivity contribution is 6.30. The van der Waals surface area contributed by atoms with Gasteiger partial charge in [0.25, 0.3) is 0 Å². The first kappa shape index (κ1) is 16.8. The molecule has 2 aromatic heterocycles. The maximum Gasteiger partial charge on any atom is 0.320 e. The first-order valence-corrected chi connectivity index (χ1v) is 8.69. The van der Waals surface area contributed by atoms with Gasteiger partial charge in [-0.15, -0.1) is 0 Å². The van der Waals surface area contributed by atoms with E-state index in [2.05, 4.69) is 27.8 Å². The summed E-state index contributed by atoms with van der Waals surface area (Å²) in [5.74, 6) is 1.43. The number of hydrogen-bond acceptors (Lipinski definition) is 3. The van der Waals surface area contributed by atoms with E-state index in [9.17, 15) is 4.79 Å². The van der Waals surface area contributed by atoms with Gasteiger partial charge in [0.05, 0.1) is 23.0 Å². The highest BCUT2D eigenvalue weighted by Crippen LogP contribution is 2.40. The molecule has 1 aliphatic rings. The van der Waals surface area contributed by atoms with Gasteiger partial charge in [0.1, 0.15) is 5.82 Å². The van der Waals surface area contributed by atoms with Crippen LogP contribution in [-0.2, 0) is 6.54 Å². The molecule has 1 unspecified atom stereocenters. The lowest BCUT2D eigenvalue weighted by Gasteiger charge is -2.15. The third-order valence-corrected chi connectivity index (χ3v) is 4.44. The molecule has 0 aliphatic heterocycles. The largest absolute Gasteiger partial charge is 0.338 e. The third kappa shape index (κ3) is 4.29. The summed E-state index contributed by atoms with van der Waals surface area (Å²) in [5.41, 5.74) is 0.911. The Morgan fingerprint density at radius 2 is 2.29 bits per heavy atom. The van der Waals surface area contributed by atoms with Crippen LogP contribution in [0, 0.1) is 12.8 Å². The van der Waals surface area contributed by atoms with Crippen LogP contribution in [0.4, 0.5) is 10.6 Å². The Kier molecular flexibility index (Phi) is 5.08. The van der Waals surface area contributed by atoms with Crippen molar-refractivity contribution in [2.75, 3.05) is 11.9 Å². The van der Waals surface area contributed by atoms with Gasteiger partial charge in [-0.2, -0.15) is 10.2 Å². The number of anilines is 1. The fourth-order valence-corrected chi connectivity index (χ4v) is 2.92. The Morgan fingerprint density at radius 3 is 2.96 bits per heavy atom. The van der Waals surface area contributed by atoms with Gasteiger partial charge in [-0.05, 0) is 39.0 Å². The van der Waals surface area contributed by atoms with E-state index in [0.717, 1.165) is 17.9 Å². The van der Waals surface area contributed by atoms with Gasteiger partial charge in [0.15, 0.2) is 0 Å². The zero-order valence-corrected chi connectivity index (χ0v) is 14.8. The molecule has 3 rings (SSSR count). The number of aryl methyl sites for hydroxylation is 2. The van der Waals surface area contributed by atoms with Crippen LogP contribution in [0.2, 0.25) is 5.02 Å². The number of carbonyl (C=O) groups is 1. The molecule has 7 nitrogen and oxygen atoms in total. The summed E-state index contributed by atoms with van der Waals surface area (Å²) in [6, 6.07) is 2.01. The summed E-state index contributed by atoms with van der Waals surface area (Å²) < 4.78 is 3.69. The number of aromatic nitrogens is 4. The Bertz CT molecular complexity index is 705. The van der Waals surface area contributed by atoms with E-state index in [-0.39, 0.29) is 6.03 Å². The molecule has 0 saturated heterocycles. The summed E-state index contributed by atoms with van der Waals surface area (Å²) in [6.07, 6.45) is 6.63. The minimum absolute atomic E-state index is 0.211. The van der Waals surface area contributed by atoms with Gasteiger partial charge in [-0.3, -0.25) is 10.00 Å². The Morgan fingerprint density at radius 1 is 1.50 bits per heavy atom. The lowest BCUT2D eigenvalue weighted by atomic mass is 10.2. The number of urea groups is 1. The van der Waals surface area contributed by atoms with Crippen molar-refractivity contribution in [2.24, 2.45) is 5.92 Å². The SMILES string of the molecule is Cc1cc(NC(=O)NCCCn2cc(Cl)cn2)n(C(C)C2CC2)n1. The minimum Gasteiger partial charge on any atom is -0.338 e. The maximum atomic E-state index is 12.1. The molecular weight excluding hydrogens is 328 g/mol. The van der Waals surface area contributed by atoms with Gasteiger partial charge < -0.3 is 5.32 Å². The van der Waals surface area contributed by atoms with E-state index in [4.69, 9.17) is 11.6 Å². The van der Waals surface area contributed by atoms with Gasteiger partial charge in [-0.25, -0.2) is 9.48 Å². The predicted octanol–water partition coefficient (Wildman–Crippen LogP) is 3.22. The predicted molar refractivity (Wildman–Crippen MR) is 93.3 cm³/mol. The molecule has 0 radical (unpaired) electrons. The molecule has 1 saturated carbocycles. The monoisotopic (exact) mass is 350 g/mol. The third-order valence-electron chi connectivity index (χ3n) is 4.24. The first-order chi connectivity index (χ1) is 11.5. The number of amides is 2. The Labute approximate surface area is 146 Å². The van der Waals surface area contributed by atoms with Crippen molar-refractivity contribution in [3.05, 3.63) is 29.2 Å². The number of nitrogens with zero attached hydrogens (tertiary/aromatic N) is 4. The fourth-order valence-electron chi connectivity index (χ4n) is 2.76. The quantitative estimate of drug-likeness (QED) is 0.753. The van der Waals surface area contributed by atoms with Gasteiger partial charge in [0.2, 0.25) is 0 Å². The van der Waals surface area contributed by atoms with Crippen molar-refractivity contribution in [2.45, 2.75) is 45.7 Å². The Hall–Kier alpha value is -2.02. The fraction of sp³-hybridized carbons (Fsp3) is 0.562. The second-order valence-corrected chi connectivity index (χ2v) is 6.79. The molecule has 1 atom stereocenters. The zero-order valence-electron chi connectivity index (χ0n) is 14.0. The molecule has 8 heteroatoms. The molecule has 0 bridgehead atoms. The Balaban J connectivity index is 1.46. The number of nitrogens with one attached hydrogen (secondary N) is 2. The molecule has 24 heavy (non-hydrogen) atoms. The normalized spacial score (nSPS) is 15.3. The van der Waals surface area contributed by atoms with Gasteiger partial charge >= 0.3 is 6.03 Å². The van der Waals surface area contributed by atoms with Crippen molar-refractivity contribution in [3.8, 4) is 0 Å². The average molecular weight is 351 g/mol. The molecule has 2 aromatic rings. The molecule has 2 amide bonds. The van der Waals surface area contributed by atoms with Crippen LogP contribution >= 0.6 is 11.6 Å². The van der Waals surface area contributed by atoms with E-state index in [1.165, 1.54) is 12.8 Å². The summed E-state index contributed by atoms with van der Waals surface area (Å²) in [7, 11) is 0. The number of rotatable bonds is 7. The van der Waals surface area contributed by atoms with E-state index < -0.39 is 0 Å². The molecule has 0 aromatic carbocycles. The van der Waals surface area contributed by atoms with Crippen molar-refractivity contribution < 1.29 is 4.79 Å². The van der Waals surface area contributed by atoms with Crippen molar-refractivity contribution in [3.63, 3.8) is 0 Å².